The number of aromatic carboxylic acids is 1. The van der Waals surface area contributed by atoms with Crippen LogP contribution in [0.3, 0.4) is 0 Å². The Morgan fingerprint density at radius 2 is 2.17 bits per heavy atom. The largest absolute Gasteiger partial charge is 0.477 e. The molecule has 0 aliphatic rings. The summed E-state index contributed by atoms with van der Waals surface area (Å²) in [4.78, 5) is 34.2. The summed E-state index contributed by atoms with van der Waals surface area (Å²) in [6.07, 6.45) is 1.19. The van der Waals surface area contributed by atoms with Crippen molar-refractivity contribution < 1.29 is 14.3 Å². The number of carbonyl (C=O) groups is 1. The van der Waals surface area contributed by atoms with Gasteiger partial charge in [0, 0.05) is 24.7 Å². The molecule has 0 aliphatic carbocycles. The molecule has 0 saturated heterocycles. The van der Waals surface area contributed by atoms with Crippen molar-refractivity contribution in [3.05, 3.63) is 44.8 Å². The van der Waals surface area contributed by atoms with Crippen LogP contribution in [0.25, 0.3) is 10.9 Å². The van der Waals surface area contributed by atoms with Crippen LogP contribution < -0.4 is 16.2 Å². The van der Waals surface area contributed by atoms with Crippen LogP contribution in [-0.2, 0) is 6.54 Å². The van der Waals surface area contributed by atoms with Crippen molar-refractivity contribution in [1.29, 1.82) is 0 Å². The van der Waals surface area contributed by atoms with Gasteiger partial charge in [-0.1, -0.05) is 0 Å². The summed E-state index contributed by atoms with van der Waals surface area (Å²) < 4.78 is 15.7. The van der Waals surface area contributed by atoms with Gasteiger partial charge in [-0.15, -0.1) is 4.91 Å². The molecule has 1 aromatic heterocycles. The molecule has 2 aromatic rings. The first-order valence-electron chi connectivity index (χ1n) is 6.85. The average Bonchev–Trinajstić information content (AvgIpc) is 2.53. The van der Waals surface area contributed by atoms with Crippen LogP contribution in [0, 0.1) is 10.7 Å². The molecule has 0 fully saturated rings. The van der Waals surface area contributed by atoms with Gasteiger partial charge in [-0.05, 0) is 19.1 Å². The number of nitrogens with zero attached hydrogens (tertiary/aromatic N) is 3. The van der Waals surface area contributed by atoms with Crippen LogP contribution in [-0.4, -0.2) is 28.7 Å². The van der Waals surface area contributed by atoms with E-state index in [2.05, 4.69) is 5.29 Å². The molecular formula is C14H15FN4O4. The zero-order chi connectivity index (χ0) is 17.1. The number of rotatable bonds is 6. The first-order valence-corrected chi connectivity index (χ1v) is 6.85. The summed E-state index contributed by atoms with van der Waals surface area (Å²) >= 11 is 0. The van der Waals surface area contributed by atoms with Crippen molar-refractivity contribution >= 4 is 22.6 Å². The van der Waals surface area contributed by atoms with Crippen molar-refractivity contribution in [3.8, 4) is 0 Å². The van der Waals surface area contributed by atoms with Gasteiger partial charge in [-0.3, -0.25) is 4.79 Å². The third-order valence-electron chi connectivity index (χ3n) is 3.44. The van der Waals surface area contributed by atoms with Gasteiger partial charge >= 0.3 is 5.97 Å². The third kappa shape index (κ3) is 2.90. The standard InChI is InChI=1S/C14H15FN4O4/c1-2-18-7-9(14(21)22)13(20)8-5-10(15)12(6-11(8)18)19(17-23)4-3-16/h5-7H,2-4,16H2,1H3,(H,21,22). The third-order valence-corrected chi connectivity index (χ3v) is 3.44. The lowest BCUT2D eigenvalue weighted by Crippen LogP contribution is -2.25. The zero-order valence-electron chi connectivity index (χ0n) is 12.3. The Morgan fingerprint density at radius 1 is 1.48 bits per heavy atom. The summed E-state index contributed by atoms with van der Waals surface area (Å²) in [5.74, 6) is -2.24. The summed E-state index contributed by atoms with van der Waals surface area (Å²) in [5.41, 5.74) is 4.31. The molecule has 0 atom stereocenters. The highest BCUT2D eigenvalue weighted by molar-refractivity contribution is 5.93. The van der Waals surface area contributed by atoms with Crippen molar-refractivity contribution in [2.75, 3.05) is 18.1 Å². The van der Waals surface area contributed by atoms with Crippen LogP contribution in [0.1, 0.15) is 17.3 Å². The monoisotopic (exact) mass is 322 g/mol. The summed E-state index contributed by atoms with van der Waals surface area (Å²) in [6.45, 7) is 2.19. The molecule has 1 heterocycles. The number of hydrogen-bond donors (Lipinski definition) is 2. The second kappa shape index (κ2) is 6.53. The smallest absolute Gasteiger partial charge is 0.341 e. The van der Waals surface area contributed by atoms with E-state index in [1.165, 1.54) is 16.8 Å². The number of halogens is 1. The molecule has 0 saturated carbocycles. The molecule has 0 bridgehead atoms. The van der Waals surface area contributed by atoms with E-state index in [-0.39, 0.29) is 24.2 Å². The number of aromatic nitrogens is 1. The lowest BCUT2D eigenvalue weighted by molar-refractivity contribution is 0.0695. The maximum Gasteiger partial charge on any atom is 0.341 e. The van der Waals surface area contributed by atoms with E-state index >= 15 is 0 Å². The number of fused-ring (bicyclic) bond motifs is 1. The minimum absolute atomic E-state index is 0.00942. The minimum Gasteiger partial charge on any atom is -0.477 e. The fourth-order valence-corrected chi connectivity index (χ4v) is 2.34. The van der Waals surface area contributed by atoms with Gasteiger partial charge in [-0.25, -0.2) is 14.2 Å². The first-order chi connectivity index (χ1) is 10.9. The fraction of sp³-hybridized carbons (Fsp3) is 0.286. The molecule has 0 unspecified atom stereocenters. The van der Waals surface area contributed by atoms with E-state index in [1.54, 1.807) is 6.92 Å². The zero-order valence-corrected chi connectivity index (χ0v) is 12.3. The second-order valence-corrected chi connectivity index (χ2v) is 4.78. The number of nitrogens with two attached hydrogens (primary N) is 1. The van der Waals surface area contributed by atoms with Crippen molar-refractivity contribution in [2.45, 2.75) is 13.5 Å². The molecule has 1 aromatic carbocycles. The minimum atomic E-state index is -1.39. The highest BCUT2D eigenvalue weighted by atomic mass is 19.1. The Kier molecular flexibility index (Phi) is 4.70. The molecule has 0 spiro atoms. The summed E-state index contributed by atoms with van der Waals surface area (Å²) in [7, 11) is 0. The van der Waals surface area contributed by atoms with E-state index in [1.807, 2.05) is 0 Å². The number of carboxylic acids is 1. The molecule has 0 radical (unpaired) electrons. The van der Waals surface area contributed by atoms with Crippen LogP contribution in [0.15, 0.2) is 28.4 Å². The molecule has 3 N–H and O–H groups in total. The lowest BCUT2D eigenvalue weighted by Gasteiger charge is -2.17. The Bertz CT molecular complexity index is 834. The van der Waals surface area contributed by atoms with Gasteiger partial charge in [0.1, 0.15) is 17.1 Å². The van der Waals surface area contributed by atoms with Gasteiger partial charge in [0.15, 0.2) is 0 Å². The Balaban J connectivity index is 2.82. The molecule has 122 valence electrons. The highest BCUT2D eigenvalue weighted by Gasteiger charge is 2.19. The number of pyridine rings is 1. The van der Waals surface area contributed by atoms with E-state index in [0.717, 1.165) is 11.1 Å². The lowest BCUT2D eigenvalue weighted by atomic mass is 10.1. The van der Waals surface area contributed by atoms with Crippen LogP contribution >= 0.6 is 0 Å². The predicted molar refractivity (Wildman–Crippen MR) is 83.0 cm³/mol. The fourth-order valence-electron chi connectivity index (χ4n) is 2.34. The van der Waals surface area contributed by atoms with E-state index in [4.69, 9.17) is 10.8 Å². The normalized spacial score (nSPS) is 10.7. The molecule has 23 heavy (non-hydrogen) atoms. The Hall–Kier alpha value is -2.81. The molecule has 9 heteroatoms. The highest BCUT2D eigenvalue weighted by Crippen LogP contribution is 2.25. The molecule has 0 aliphatic heterocycles. The second-order valence-electron chi connectivity index (χ2n) is 4.78. The van der Waals surface area contributed by atoms with Gasteiger partial charge in [-0.2, -0.15) is 0 Å². The van der Waals surface area contributed by atoms with Gasteiger partial charge in [0.25, 0.3) is 0 Å². The van der Waals surface area contributed by atoms with Crippen LogP contribution in [0.5, 0.6) is 0 Å². The summed E-state index contributed by atoms with van der Waals surface area (Å²) in [5, 5.41) is 12.6. The number of carboxylic acid groups (broad SMARTS) is 1. The molecule has 8 nitrogen and oxygen atoms in total. The Labute approximate surface area is 129 Å². The van der Waals surface area contributed by atoms with Crippen molar-refractivity contribution in [1.82, 2.24) is 4.57 Å². The molecular weight excluding hydrogens is 307 g/mol. The predicted octanol–water partition coefficient (Wildman–Crippen LogP) is 1.31. The van der Waals surface area contributed by atoms with Gasteiger partial charge in [0.2, 0.25) is 5.43 Å². The van der Waals surface area contributed by atoms with Gasteiger partial charge < -0.3 is 15.4 Å². The number of nitroso groups, excluding NO2 is 1. The first kappa shape index (κ1) is 16.6. The van der Waals surface area contributed by atoms with E-state index < -0.39 is 22.8 Å². The van der Waals surface area contributed by atoms with Gasteiger partial charge in [0.05, 0.1) is 17.3 Å². The van der Waals surface area contributed by atoms with Crippen LogP contribution in [0.2, 0.25) is 0 Å². The maximum atomic E-state index is 14.3. The number of hydrogen-bond acceptors (Lipinski definition) is 5. The number of benzene rings is 1. The quantitative estimate of drug-likeness (QED) is 0.611. The average molecular weight is 322 g/mol. The van der Waals surface area contributed by atoms with Crippen molar-refractivity contribution in [2.24, 2.45) is 11.0 Å². The SMILES string of the molecule is CCn1cc(C(=O)O)c(=O)c2cc(F)c(N(CCN)N=O)cc21. The van der Waals surface area contributed by atoms with E-state index in [9.17, 15) is 18.9 Å². The molecule has 2 rings (SSSR count). The van der Waals surface area contributed by atoms with Crippen LogP contribution in [0.4, 0.5) is 10.1 Å². The van der Waals surface area contributed by atoms with Crippen molar-refractivity contribution in [3.63, 3.8) is 0 Å². The Morgan fingerprint density at radius 3 is 2.70 bits per heavy atom. The maximum absolute atomic E-state index is 14.3. The topological polar surface area (TPSA) is 118 Å². The van der Waals surface area contributed by atoms with E-state index in [0.29, 0.717) is 12.1 Å². The number of aryl methyl sites for hydroxylation is 1. The summed E-state index contributed by atoms with van der Waals surface area (Å²) in [6, 6.07) is 2.21. The molecule has 0 amide bonds. The number of anilines is 1.